The number of para-hydroxylation sites is 1. The van der Waals surface area contributed by atoms with E-state index in [0.29, 0.717) is 36.9 Å². The molecule has 1 atom stereocenters. The van der Waals surface area contributed by atoms with Crippen LogP contribution in [0.4, 0.5) is 5.69 Å². The van der Waals surface area contributed by atoms with Crippen molar-refractivity contribution in [3.63, 3.8) is 0 Å². The quantitative estimate of drug-likeness (QED) is 0.497. The van der Waals surface area contributed by atoms with E-state index in [1.807, 2.05) is 72.8 Å². The molecule has 0 amide bonds. The Morgan fingerprint density at radius 1 is 1.03 bits per heavy atom. The summed E-state index contributed by atoms with van der Waals surface area (Å²) in [4.78, 5) is 13.0. The second-order valence-electron chi connectivity index (χ2n) is 7.41. The maximum absolute atomic E-state index is 13.5. The van der Waals surface area contributed by atoms with E-state index >= 15 is 0 Å². The monoisotopic (exact) mass is 451 g/mol. The van der Waals surface area contributed by atoms with E-state index in [1.165, 1.54) is 0 Å². The Kier molecular flexibility index (Phi) is 7.19. The number of anilines is 1. The molecule has 0 bridgehead atoms. The summed E-state index contributed by atoms with van der Waals surface area (Å²) >= 11 is -1.14. The van der Waals surface area contributed by atoms with Crippen LogP contribution in [0.25, 0.3) is 0 Å². The van der Waals surface area contributed by atoms with Crippen molar-refractivity contribution < 1.29 is 23.9 Å². The zero-order chi connectivity index (χ0) is 22.3. The maximum Gasteiger partial charge on any atom is 0.341 e. The number of benzene rings is 3. The predicted octanol–water partition coefficient (Wildman–Crippen LogP) is 3.89. The number of rotatable bonds is 9. The van der Waals surface area contributed by atoms with Gasteiger partial charge in [0.1, 0.15) is 12.4 Å². The zero-order valence-electron chi connectivity index (χ0n) is 17.6. The largest absolute Gasteiger partial charge is 0.616 e. The molecule has 0 spiro atoms. The maximum atomic E-state index is 13.5. The highest BCUT2D eigenvalue weighted by atomic mass is 32.2. The first-order valence-electron chi connectivity index (χ1n) is 10.5. The molecular formula is C25H25NO5S. The first-order valence-corrected chi connectivity index (χ1v) is 11.8. The highest BCUT2D eigenvalue weighted by Crippen LogP contribution is 2.40. The molecule has 32 heavy (non-hydrogen) atoms. The van der Waals surface area contributed by atoms with E-state index in [0.717, 1.165) is 16.8 Å². The summed E-state index contributed by atoms with van der Waals surface area (Å²) in [6, 6.07) is 25.3. The van der Waals surface area contributed by atoms with E-state index < -0.39 is 23.8 Å². The third kappa shape index (κ3) is 5.18. The van der Waals surface area contributed by atoms with Crippen molar-refractivity contribution in [2.24, 2.45) is 0 Å². The van der Waals surface area contributed by atoms with Crippen molar-refractivity contribution in [2.75, 3.05) is 37.0 Å². The van der Waals surface area contributed by atoms with Crippen molar-refractivity contribution in [3.05, 3.63) is 90.0 Å². The Morgan fingerprint density at radius 3 is 2.31 bits per heavy atom. The van der Waals surface area contributed by atoms with Gasteiger partial charge in [-0.25, -0.2) is 4.79 Å². The number of hydrogen-bond acceptors (Lipinski definition) is 5. The number of ether oxygens (including phenoxy) is 2. The highest BCUT2D eigenvalue weighted by Gasteiger charge is 2.29. The number of carbonyl (C=O) groups is 1. The van der Waals surface area contributed by atoms with Crippen molar-refractivity contribution in [2.45, 2.75) is 5.25 Å². The van der Waals surface area contributed by atoms with Gasteiger partial charge in [-0.2, -0.15) is 0 Å². The summed E-state index contributed by atoms with van der Waals surface area (Å²) in [6.07, 6.45) is 0. The van der Waals surface area contributed by atoms with Gasteiger partial charge in [0, 0.05) is 11.1 Å². The molecule has 1 aliphatic rings. The lowest BCUT2D eigenvalue weighted by molar-refractivity contribution is -0.139. The Bertz CT molecular complexity index is 992. The van der Waals surface area contributed by atoms with E-state index in [-0.39, 0.29) is 5.25 Å². The molecule has 7 heteroatoms. The minimum Gasteiger partial charge on any atom is -0.616 e. The predicted molar refractivity (Wildman–Crippen MR) is 125 cm³/mol. The fraction of sp³-hybridized carbons (Fsp3) is 0.240. The molecule has 6 nitrogen and oxygen atoms in total. The summed E-state index contributed by atoms with van der Waals surface area (Å²) in [5.41, 5.74) is 2.89. The number of fused-ring (bicyclic) bond motifs is 1. The summed E-state index contributed by atoms with van der Waals surface area (Å²) in [6.45, 7) is 1.27. The van der Waals surface area contributed by atoms with Crippen LogP contribution in [0.15, 0.2) is 78.9 Å². The average molecular weight is 452 g/mol. The van der Waals surface area contributed by atoms with Gasteiger partial charge >= 0.3 is 5.97 Å². The van der Waals surface area contributed by atoms with Crippen LogP contribution in [-0.4, -0.2) is 47.7 Å². The van der Waals surface area contributed by atoms with Gasteiger partial charge in [0.15, 0.2) is 23.4 Å². The van der Waals surface area contributed by atoms with Crippen molar-refractivity contribution in [1.29, 1.82) is 0 Å². The fourth-order valence-electron chi connectivity index (χ4n) is 3.83. The van der Waals surface area contributed by atoms with Crippen LogP contribution < -0.4 is 14.4 Å². The van der Waals surface area contributed by atoms with Crippen LogP contribution >= 0.6 is 0 Å². The molecule has 0 saturated carbocycles. The van der Waals surface area contributed by atoms with Gasteiger partial charge in [-0.1, -0.05) is 66.7 Å². The topological polar surface area (TPSA) is 82.1 Å². The normalized spacial score (nSPS) is 13.9. The number of carboxylic acid groups (broad SMARTS) is 1. The van der Waals surface area contributed by atoms with Crippen LogP contribution in [0, 0.1) is 0 Å². The second kappa shape index (κ2) is 10.4. The summed E-state index contributed by atoms with van der Waals surface area (Å²) < 4.78 is 24.7. The number of hydrogen-bond donors (Lipinski definition) is 1. The molecule has 0 aromatic heterocycles. The molecule has 4 rings (SSSR count). The standard InChI is InChI=1S/C25H25NO5S/c27-23(28)18-31-22-13-7-12-21-24(22)30-16-14-26(21)15-17-32(29)25(19-8-3-1-4-9-19)20-10-5-2-6-11-20/h1-13,25H,14-18H2,(H,27,28). The first-order chi connectivity index (χ1) is 15.6. The number of nitrogens with zero attached hydrogens (tertiary/aromatic N) is 1. The van der Waals surface area contributed by atoms with Crippen molar-refractivity contribution in [1.82, 2.24) is 0 Å². The lowest BCUT2D eigenvalue weighted by Gasteiger charge is -2.33. The minimum atomic E-state index is -1.14. The summed E-state index contributed by atoms with van der Waals surface area (Å²) in [5.74, 6) is 0.378. The van der Waals surface area contributed by atoms with Gasteiger partial charge in [0.05, 0.1) is 18.8 Å². The molecule has 0 radical (unpaired) electrons. The molecule has 3 aromatic carbocycles. The van der Waals surface area contributed by atoms with Crippen LogP contribution in [-0.2, 0) is 16.0 Å². The molecule has 1 heterocycles. The lowest BCUT2D eigenvalue weighted by atomic mass is 10.0. The van der Waals surface area contributed by atoms with Crippen LogP contribution in [0.3, 0.4) is 0 Å². The summed E-state index contributed by atoms with van der Waals surface area (Å²) in [7, 11) is 0. The molecule has 166 valence electrons. The summed E-state index contributed by atoms with van der Waals surface area (Å²) in [5, 5.41) is 8.70. The van der Waals surface area contributed by atoms with Crippen molar-refractivity contribution in [3.8, 4) is 11.5 Å². The lowest BCUT2D eigenvalue weighted by Crippen LogP contribution is -2.37. The van der Waals surface area contributed by atoms with Crippen LogP contribution in [0.2, 0.25) is 0 Å². The number of carboxylic acids is 1. The van der Waals surface area contributed by atoms with E-state index in [1.54, 1.807) is 6.07 Å². The molecule has 0 saturated heterocycles. The zero-order valence-corrected chi connectivity index (χ0v) is 18.4. The number of aliphatic carboxylic acids is 1. The smallest absolute Gasteiger partial charge is 0.341 e. The minimum absolute atomic E-state index is 0.205. The second-order valence-corrected chi connectivity index (χ2v) is 9.05. The highest BCUT2D eigenvalue weighted by molar-refractivity contribution is 7.91. The van der Waals surface area contributed by atoms with Gasteiger partial charge in [-0.05, 0) is 23.3 Å². The van der Waals surface area contributed by atoms with E-state index in [2.05, 4.69) is 4.90 Å². The van der Waals surface area contributed by atoms with Gasteiger partial charge in [-0.3, -0.25) is 0 Å². The fourth-order valence-corrected chi connectivity index (χ4v) is 5.39. The SMILES string of the molecule is O=C(O)COc1cccc2c1OCCN2CC[S+]([O-])C(c1ccccc1)c1ccccc1. The average Bonchev–Trinajstić information content (AvgIpc) is 2.83. The molecule has 3 aromatic rings. The van der Waals surface area contributed by atoms with Crippen LogP contribution in [0.5, 0.6) is 11.5 Å². The Labute approximate surface area is 190 Å². The third-order valence-corrected chi connectivity index (χ3v) is 6.94. The van der Waals surface area contributed by atoms with E-state index in [9.17, 15) is 9.35 Å². The molecular weight excluding hydrogens is 426 g/mol. The Hall–Kier alpha value is -3.16. The van der Waals surface area contributed by atoms with E-state index in [4.69, 9.17) is 14.6 Å². The first kappa shape index (κ1) is 22.0. The van der Waals surface area contributed by atoms with Gasteiger partial charge < -0.3 is 24.0 Å². The molecule has 1 aliphatic heterocycles. The molecule has 0 aliphatic carbocycles. The van der Waals surface area contributed by atoms with Crippen LogP contribution in [0.1, 0.15) is 16.4 Å². The molecule has 1 N–H and O–H groups in total. The third-order valence-electron chi connectivity index (χ3n) is 5.29. The van der Waals surface area contributed by atoms with Crippen molar-refractivity contribution >= 4 is 22.8 Å². The van der Waals surface area contributed by atoms with Gasteiger partial charge in [0.25, 0.3) is 0 Å². The molecule has 1 unspecified atom stereocenters. The Balaban J connectivity index is 1.51. The Morgan fingerprint density at radius 2 is 1.69 bits per heavy atom. The van der Waals surface area contributed by atoms with Gasteiger partial charge in [0.2, 0.25) is 0 Å². The molecule has 0 fully saturated rings. The van der Waals surface area contributed by atoms with Gasteiger partial charge in [-0.15, -0.1) is 0 Å².